The zero-order valence-electron chi connectivity index (χ0n) is 8.50. The van der Waals surface area contributed by atoms with E-state index in [4.69, 9.17) is 0 Å². The van der Waals surface area contributed by atoms with Crippen molar-refractivity contribution in [1.82, 2.24) is 15.1 Å². The largest absolute Gasteiger partial charge is 0.304 e. The van der Waals surface area contributed by atoms with Crippen LogP contribution in [-0.2, 0) is 0 Å². The molecule has 13 heavy (non-hydrogen) atoms. The van der Waals surface area contributed by atoms with Crippen LogP contribution in [0, 0.1) is 6.42 Å². The molecule has 1 unspecified atom stereocenters. The van der Waals surface area contributed by atoms with Crippen molar-refractivity contribution in [1.29, 1.82) is 0 Å². The molecule has 2 aliphatic rings. The van der Waals surface area contributed by atoms with E-state index in [2.05, 4.69) is 28.6 Å². The second-order valence-corrected chi connectivity index (χ2v) is 4.12. The molecule has 3 heteroatoms. The summed E-state index contributed by atoms with van der Waals surface area (Å²) in [6.07, 6.45) is 5.51. The standard InChI is InChI=1S/C10H20N3/c1-12-6-8-13(9-7-12)10-4-2-3-5-11-10/h2,10-11H,3-9H2,1H3. The van der Waals surface area contributed by atoms with Crippen molar-refractivity contribution in [2.45, 2.75) is 19.0 Å². The molecule has 3 nitrogen and oxygen atoms in total. The number of piperidine rings is 1. The summed E-state index contributed by atoms with van der Waals surface area (Å²) >= 11 is 0. The first kappa shape index (κ1) is 9.44. The summed E-state index contributed by atoms with van der Waals surface area (Å²) < 4.78 is 0. The van der Waals surface area contributed by atoms with Crippen LogP contribution in [-0.4, -0.2) is 55.7 Å². The van der Waals surface area contributed by atoms with Gasteiger partial charge in [-0.15, -0.1) is 0 Å². The highest BCUT2D eigenvalue weighted by Gasteiger charge is 2.23. The lowest BCUT2D eigenvalue weighted by Gasteiger charge is -2.39. The van der Waals surface area contributed by atoms with Crippen molar-refractivity contribution in [3.63, 3.8) is 0 Å². The van der Waals surface area contributed by atoms with Crippen LogP contribution in [0.15, 0.2) is 0 Å². The fraction of sp³-hybridized carbons (Fsp3) is 0.900. The van der Waals surface area contributed by atoms with Crippen LogP contribution >= 0.6 is 0 Å². The molecular weight excluding hydrogens is 162 g/mol. The Bertz CT molecular complexity index is 146. The smallest absolute Gasteiger partial charge is 0.0600 e. The zero-order chi connectivity index (χ0) is 9.10. The normalized spacial score (nSPS) is 33.5. The molecule has 2 heterocycles. The third kappa shape index (κ3) is 2.42. The predicted molar refractivity (Wildman–Crippen MR) is 54.4 cm³/mol. The topological polar surface area (TPSA) is 18.5 Å². The van der Waals surface area contributed by atoms with Crippen LogP contribution in [0.5, 0.6) is 0 Å². The van der Waals surface area contributed by atoms with Crippen LogP contribution in [0.2, 0.25) is 0 Å². The highest BCUT2D eigenvalue weighted by Crippen LogP contribution is 2.12. The number of nitrogens with zero attached hydrogens (tertiary/aromatic N) is 2. The van der Waals surface area contributed by atoms with E-state index in [1.54, 1.807) is 0 Å². The van der Waals surface area contributed by atoms with Crippen LogP contribution in [0.4, 0.5) is 0 Å². The van der Waals surface area contributed by atoms with Crippen LogP contribution in [0.1, 0.15) is 12.8 Å². The Morgan fingerprint density at radius 3 is 2.62 bits per heavy atom. The monoisotopic (exact) mass is 182 g/mol. The van der Waals surface area contributed by atoms with Crippen molar-refractivity contribution >= 4 is 0 Å². The molecule has 1 atom stereocenters. The van der Waals surface area contributed by atoms with Crippen molar-refractivity contribution in [3.8, 4) is 0 Å². The lowest BCUT2D eigenvalue weighted by atomic mass is 10.1. The maximum atomic E-state index is 3.58. The Morgan fingerprint density at radius 2 is 2.00 bits per heavy atom. The lowest BCUT2D eigenvalue weighted by molar-refractivity contribution is 0.0877. The minimum absolute atomic E-state index is 0.627. The maximum Gasteiger partial charge on any atom is 0.0600 e. The van der Waals surface area contributed by atoms with Gasteiger partial charge in [-0.2, -0.15) is 0 Å². The molecule has 75 valence electrons. The molecule has 0 aromatic rings. The summed E-state index contributed by atoms with van der Waals surface area (Å²) in [5.41, 5.74) is 0. The molecule has 2 rings (SSSR count). The molecule has 1 N–H and O–H groups in total. The van der Waals surface area contributed by atoms with Crippen molar-refractivity contribution in [2.75, 3.05) is 39.8 Å². The highest BCUT2D eigenvalue weighted by atomic mass is 15.3. The van der Waals surface area contributed by atoms with E-state index < -0.39 is 0 Å². The second kappa shape index (κ2) is 4.40. The van der Waals surface area contributed by atoms with Gasteiger partial charge in [-0.1, -0.05) is 0 Å². The van der Waals surface area contributed by atoms with Gasteiger partial charge < -0.3 is 10.2 Å². The summed E-state index contributed by atoms with van der Waals surface area (Å²) in [5.74, 6) is 0. The Hall–Kier alpha value is -0.120. The van der Waals surface area contributed by atoms with Gasteiger partial charge in [0.2, 0.25) is 0 Å². The van der Waals surface area contributed by atoms with Crippen molar-refractivity contribution in [2.24, 2.45) is 0 Å². The molecule has 0 saturated carbocycles. The van der Waals surface area contributed by atoms with E-state index in [-0.39, 0.29) is 0 Å². The number of hydrogen-bond donors (Lipinski definition) is 1. The minimum Gasteiger partial charge on any atom is -0.304 e. The molecular formula is C10H20N3. The van der Waals surface area contributed by atoms with E-state index in [1.807, 2.05) is 0 Å². The first-order valence-electron chi connectivity index (χ1n) is 5.34. The molecule has 0 amide bonds. The predicted octanol–water partition coefficient (Wildman–Crippen LogP) is 0.148. The number of piperazine rings is 1. The fourth-order valence-corrected chi connectivity index (χ4v) is 2.12. The Labute approximate surface area is 81.1 Å². The number of nitrogens with one attached hydrogen (secondary N) is 1. The minimum atomic E-state index is 0.627. The van der Waals surface area contributed by atoms with E-state index in [0.29, 0.717) is 6.17 Å². The van der Waals surface area contributed by atoms with Gasteiger partial charge in [-0.05, 0) is 32.9 Å². The molecule has 2 fully saturated rings. The van der Waals surface area contributed by atoms with Crippen LogP contribution in [0.3, 0.4) is 0 Å². The van der Waals surface area contributed by atoms with Gasteiger partial charge in [0.05, 0.1) is 6.17 Å². The Balaban J connectivity index is 1.79. The van der Waals surface area contributed by atoms with Gasteiger partial charge in [-0.3, -0.25) is 4.90 Å². The van der Waals surface area contributed by atoms with E-state index >= 15 is 0 Å². The van der Waals surface area contributed by atoms with Crippen LogP contribution in [0.25, 0.3) is 0 Å². The van der Waals surface area contributed by atoms with Gasteiger partial charge in [0.25, 0.3) is 0 Å². The molecule has 0 bridgehead atoms. The SMILES string of the molecule is CN1CCN(C2C[CH]CCN2)CC1. The summed E-state index contributed by atoms with van der Waals surface area (Å²) in [4.78, 5) is 4.98. The molecule has 1 radical (unpaired) electrons. The van der Waals surface area contributed by atoms with Gasteiger partial charge in [0.15, 0.2) is 0 Å². The van der Waals surface area contributed by atoms with Gasteiger partial charge >= 0.3 is 0 Å². The van der Waals surface area contributed by atoms with E-state index in [9.17, 15) is 0 Å². The molecule has 0 aromatic carbocycles. The van der Waals surface area contributed by atoms with Crippen molar-refractivity contribution < 1.29 is 0 Å². The van der Waals surface area contributed by atoms with Crippen molar-refractivity contribution in [3.05, 3.63) is 6.42 Å². The van der Waals surface area contributed by atoms with Gasteiger partial charge in [0.1, 0.15) is 0 Å². The zero-order valence-corrected chi connectivity index (χ0v) is 8.50. The molecule has 0 aromatic heterocycles. The maximum absolute atomic E-state index is 3.58. The highest BCUT2D eigenvalue weighted by molar-refractivity contribution is 4.85. The summed E-state index contributed by atoms with van der Waals surface area (Å²) in [6, 6.07) is 0. The quantitative estimate of drug-likeness (QED) is 0.622. The number of likely N-dealkylation sites (N-methyl/N-ethyl adjacent to an activating group) is 1. The van der Waals surface area contributed by atoms with Gasteiger partial charge in [-0.25, -0.2) is 0 Å². The Kier molecular flexibility index (Phi) is 3.19. The third-order valence-corrected chi connectivity index (χ3v) is 3.10. The Morgan fingerprint density at radius 1 is 1.23 bits per heavy atom. The molecule has 0 aliphatic carbocycles. The van der Waals surface area contributed by atoms with E-state index in [1.165, 1.54) is 39.0 Å². The van der Waals surface area contributed by atoms with Crippen LogP contribution < -0.4 is 5.32 Å². The molecule has 2 aliphatic heterocycles. The first-order valence-corrected chi connectivity index (χ1v) is 5.34. The fourth-order valence-electron chi connectivity index (χ4n) is 2.12. The summed E-state index contributed by atoms with van der Waals surface area (Å²) in [7, 11) is 2.21. The number of hydrogen-bond acceptors (Lipinski definition) is 3. The van der Waals surface area contributed by atoms with Gasteiger partial charge in [0, 0.05) is 26.2 Å². The summed E-state index contributed by atoms with van der Waals surface area (Å²) in [5, 5.41) is 3.58. The average molecular weight is 182 g/mol. The second-order valence-electron chi connectivity index (χ2n) is 4.12. The molecule has 0 spiro atoms. The van der Waals surface area contributed by atoms with E-state index in [0.717, 1.165) is 6.54 Å². The summed E-state index contributed by atoms with van der Waals surface area (Å²) in [6.45, 7) is 6.05. The third-order valence-electron chi connectivity index (χ3n) is 3.10. The lowest BCUT2D eigenvalue weighted by Crippen LogP contribution is -2.55. The molecule has 2 saturated heterocycles. The number of rotatable bonds is 1. The average Bonchev–Trinajstić information content (AvgIpc) is 2.20. The first-order chi connectivity index (χ1) is 6.36.